The summed E-state index contributed by atoms with van der Waals surface area (Å²) in [7, 11) is 0. The molecule has 1 aliphatic heterocycles. The maximum atomic E-state index is 12.3. The maximum Gasteiger partial charge on any atom is 0.260 e. The second-order valence-corrected chi connectivity index (χ2v) is 5.64. The molecule has 0 radical (unpaired) electrons. The van der Waals surface area contributed by atoms with Crippen LogP contribution in [0.15, 0.2) is 18.2 Å². The Bertz CT molecular complexity index is 558. The Hall–Kier alpha value is -2.22. The van der Waals surface area contributed by atoms with Gasteiger partial charge in [-0.2, -0.15) is 5.26 Å². The smallest absolute Gasteiger partial charge is 0.260 e. The Balaban J connectivity index is 1.96. The summed E-state index contributed by atoms with van der Waals surface area (Å²) in [5, 5.41) is 8.95. The van der Waals surface area contributed by atoms with Gasteiger partial charge in [-0.1, -0.05) is 19.3 Å². The normalized spacial score (nSPS) is 15.2. The van der Waals surface area contributed by atoms with Crippen molar-refractivity contribution in [1.82, 2.24) is 4.90 Å². The van der Waals surface area contributed by atoms with Gasteiger partial charge in [0.1, 0.15) is 0 Å². The molecule has 0 N–H and O–H groups in total. The van der Waals surface area contributed by atoms with E-state index in [9.17, 15) is 4.79 Å². The first-order chi connectivity index (χ1) is 11.2. The topological polar surface area (TPSA) is 62.6 Å². The first-order valence-electron chi connectivity index (χ1n) is 8.32. The quantitative estimate of drug-likeness (QED) is 0.837. The lowest BCUT2D eigenvalue weighted by Crippen LogP contribution is -2.37. The summed E-state index contributed by atoms with van der Waals surface area (Å²) in [5.41, 5.74) is 0.510. The van der Waals surface area contributed by atoms with Crippen molar-refractivity contribution in [2.75, 3.05) is 26.3 Å². The summed E-state index contributed by atoms with van der Waals surface area (Å²) in [6.45, 7) is 3.98. The van der Waals surface area contributed by atoms with Crippen molar-refractivity contribution < 1.29 is 14.3 Å². The van der Waals surface area contributed by atoms with E-state index < -0.39 is 0 Å². The first-order valence-corrected chi connectivity index (χ1v) is 8.32. The van der Waals surface area contributed by atoms with E-state index in [0.717, 1.165) is 25.9 Å². The molecule has 1 heterocycles. The molecule has 0 atom stereocenters. The van der Waals surface area contributed by atoms with Gasteiger partial charge in [0.25, 0.3) is 5.91 Å². The van der Waals surface area contributed by atoms with E-state index in [1.54, 1.807) is 18.2 Å². The molecule has 1 aromatic rings. The fourth-order valence-electron chi connectivity index (χ4n) is 2.69. The van der Waals surface area contributed by atoms with Crippen LogP contribution in [0.5, 0.6) is 11.5 Å². The summed E-state index contributed by atoms with van der Waals surface area (Å²) in [5.74, 6) is 1.02. The zero-order valence-electron chi connectivity index (χ0n) is 13.7. The van der Waals surface area contributed by atoms with Crippen LogP contribution in [-0.4, -0.2) is 37.1 Å². The zero-order chi connectivity index (χ0) is 16.5. The minimum absolute atomic E-state index is 0.00593. The molecule has 0 unspecified atom stereocenters. The van der Waals surface area contributed by atoms with Gasteiger partial charge >= 0.3 is 0 Å². The number of ether oxygens (including phenoxy) is 2. The van der Waals surface area contributed by atoms with Crippen LogP contribution in [0, 0.1) is 11.3 Å². The van der Waals surface area contributed by atoms with Gasteiger partial charge in [0, 0.05) is 19.2 Å². The highest BCUT2D eigenvalue weighted by molar-refractivity contribution is 5.77. The van der Waals surface area contributed by atoms with Gasteiger partial charge in [0.15, 0.2) is 18.1 Å². The SMILES string of the molecule is CCOc1cc(C#N)ccc1OCC(=O)N1CCCCCCC1. The molecule has 0 saturated carbocycles. The van der Waals surface area contributed by atoms with E-state index in [1.165, 1.54) is 19.3 Å². The van der Waals surface area contributed by atoms with Gasteiger partial charge in [-0.3, -0.25) is 4.79 Å². The summed E-state index contributed by atoms with van der Waals surface area (Å²) in [6, 6.07) is 7.06. The van der Waals surface area contributed by atoms with Crippen LogP contribution in [0.25, 0.3) is 0 Å². The molecular formula is C18H24N2O3. The highest BCUT2D eigenvalue weighted by atomic mass is 16.5. The Morgan fingerprint density at radius 3 is 2.48 bits per heavy atom. The lowest BCUT2D eigenvalue weighted by molar-refractivity contribution is -0.133. The maximum absolute atomic E-state index is 12.3. The van der Waals surface area contributed by atoms with Crippen LogP contribution >= 0.6 is 0 Å². The largest absolute Gasteiger partial charge is 0.490 e. The van der Waals surface area contributed by atoms with Crippen LogP contribution in [0.1, 0.15) is 44.6 Å². The monoisotopic (exact) mass is 316 g/mol. The van der Waals surface area contributed by atoms with Crippen LogP contribution in [-0.2, 0) is 4.79 Å². The average molecular weight is 316 g/mol. The fourth-order valence-corrected chi connectivity index (χ4v) is 2.69. The number of likely N-dealkylation sites (tertiary alicyclic amines) is 1. The van der Waals surface area contributed by atoms with Crippen molar-refractivity contribution in [2.24, 2.45) is 0 Å². The molecule has 0 bridgehead atoms. The number of carbonyl (C=O) groups is 1. The molecule has 5 heteroatoms. The predicted molar refractivity (Wildman–Crippen MR) is 87.5 cm³/mol. The highest BCUT2D eigenvalue weighted by Crippen LogP contribution is 2.28. The van der Waals surface area contributed by atoms with Crippen molar-refractivity contribution in [3.05, 3.63) is 23.8 Å². The van der Waals surface area contributed by atoms with Gasteiger partial charge < -0.3 is 14.4 Å². The Kier molecular flexibility index (Phi) is 6.74. The molecule has 0 spiro atoms. The van der Waals surface area contributed by atoms with Crippen LogP contribution < -0.4 is 9.47 Å². The molecule has 1 aromatic carbocycles. The van der Waals surface area contributed by atoms with Crippen molar-refractivity contribution >= 4 is 5.91 Å². The molecule has 0 aliphatic carbocycles. The lowest BCUT2D eigenvalue weighted by atomic mass is 10.1. The Labute approximate surface area is 137 Å². The predicted octanol–water partition coefficient (Wildman–Crippen LogP) is 3.13. The third-order valence-electron chi connectivity index (χ3n) is 3.93. The molecule has 124 valence electrons. The number of amides is 1. The molecule has 0 aromatic heterocycles. The third-order valence-corrected chi connectivity index (χ3v) is 3.93. The number of hydrogen-bond acceptors (Lipinski definition) is 4. The lowest BCUT2D eigenvalue weighted by Gasteiger charge is -2.25. The van der Waals surface area contributed by atoms with E-state index in [2.05, 4.69) is 6.07 Å². The van der Waals surface area contributed by atoms with Crippen molar-refractivity contribution in [3.63, 3.8) is 0 Å². The van der Waals surface area contributed by atoms with E-state index in [0.29, 0.717) is 23.7 Å². The first kappa shape index (κ1) is 17.1. The number of hydrogen-bond donors (Lipinski definition) is 0. The molecule has 1 saturated heterocycles. The summed E-state index contributed by atoms with van der Waals surface area (Å²) >= 11 is 0. The van der Waals surface area contributed by atoms with Gasteiger partial charge in [-0.25, -0.2) is 0 Å². The number of nitrogens with zero attached hydrogens (tertiary/aromatic N) is 2. The Morgan fingerprint density at radius 1 is 1.13 bits per heavy atom. The summed E-state index contributed by atoms with van der Waals surface area (Å²) in [4.78, 5) is 14.2. The Morgan fingerprint density at radius 2 is 1.83 bits per heavy atom. The zero-order valence-corrected chi connectivity index (χ0v) is 13.7. The van der Waals surface area contributed by atoms with Gasteiger partial charge in [-0.15, -0.1) is 0 Å². The van der Waals surface area contributed by atoms with Crippen LogP contribution in [0.3, 0.4) is 0 Å². The van der Waals surface area contributed by atoms with Gasteiger partial charge in [0.05, 0.1) is 18.2 Å². The summed E-state index contributed by atoms with van der Waals surface area (Å²) < 4.78 is 11.1. The molecule has 2 rings (SSSR count). The summed E-state index contributed by atoms with van der Waals surface area (Å²) in [6.07, 6.45) is 5.77. The standard InChI is InChI=1S/C18H24N2O3/c1-2-22-17-12-15(13-19)8-9-16(17)23-14-18(21)20-10-6-4-3-5-7-11-20/h8-9,12H,2-7,10-11,14H2,1H3. The fraction of sp³-hybridized carbons (Fsp3) is 0.556. The van der Waals surface area contributed by atoms with Crippen LogP contribution in [0.2, 0.25) is 0 Å². The second kappa shape index (κ2) is 9.04. The van der Waals surface area contributed by atoms with Crippen molar-refractivity contribution in [3.8, 4) is 17.6 Å². The molecule has 1 amide bonds. The molecule has 1 aliphatic rings. The van der Waals surface area contributed by atoms with Gasteiger partial charge in [-0.05, 0) is 31.9 Å². The van der Waals surface area contributed by atoms with Gasteiger partial charge in [0.2, 0.25) is 0 Å². The average Bonchev–Trinajstić information content (AvgIpc) is 2.53. The van der Waals surface area contributed by atoms with Crippen molar-refractivity contribution in [1.29, 1.82) is 5.26 Å². The highest BCUT2D eigenvalue weighted by Gasteiger charge is 2.16. The number of carbonyl (C=O) groups excluding carboxylic acids is 1. The minimum atomic E-state index is 0.00593. The van der Waals surface area contributed by atoms with Crippen molar-refractivity contribution in [2.45, 2.75) is 39.0 Å². The number of rotatable bonds is 5. The van der Waals surface area contributed by atoms with E-state index in [4.69, 9.17) is 14.7 Å². The van der Waals surface area contributed by atoms with E-state index in [-0.39, 0.29) is 12.5 Å². The number of nitriles is 1. The molecule has 1 fully saturated rings. The molecule has 5 nitrogen and oxygen atoms in total. The third kappa shape index (κ3) is 5.17. The van der Waals surface area contributed by atoms with Crippen LogP contribution in [0.4, 0.5) is 0 Å². The molecular weight excluding hydrogens is 292 g/mol. The van der Waals surface area contributed by atoms with E-state index >= 15 is 0 Å². The minimum Gasteiger partial charge on any atom is -0.490 e. The van der Waals surface area contributed by atoms with E-state index in [1.807, 2.05) is 11.8 Å². The second-order valence-electron chi connectivity index (χ2n) is 5.64. The number of benzene rings is 1. The molecule has 23 heavy (non-hydrogen) atoms.